The number of anilines is 1. The molecule has 0 saturated carbocycles. The van der Waals surface area contributed by atoms with E-state index in [1.807, 2.05) is 0 Å². The summed E-state index contributed by atoms with van der Waals surface area (Å²) in [7, 11) is 0. The molecule has 0 spiro atoms. The molecule has 1 aliphatic heterocycles. The van der Waals surface area contributed by atoms with Gasteiger partial charge in [0.2, 0.25) is 0 Å². The van der Waals surface area contributed by atoms with Crippen LogP contribution in [0.25, 0.3) is 0 Å². The van der Waals surface area contributed by atoms with E-state index in [9.17, 15) is 0 Å². The Labute approximate surface area is 134 Å². The highest BCUT2D eigenvalue weighted by molar-refractivity contribution is 6.31. The minimum absolute atomic E-state index is 0.459. The normalized spacial score (nSPS) is 19.9. The molecule has 0 bridgehead atoms. The fraction of sp³-hybridized carbons (Fsp3) is 0.706. The van der Waals surface area contributed by atoms with Crippen molar-refractivity contribution in [3.63, 3.8) is 0 Å². The maximum absolute atomic E-state index is 6.28. The lowest BCUT2D eigenvalue weighted by atomic mass is 9.98. The average Bonchev–Trinajstić information content (AvgIpc) is 2.71. The molecule has 118 valence electrons. The van der Waals surface area contributed by atoms with Gasteiger partial charge in [0.05, 0.1) is 5.02 Å². The molecule has 2 rings (SSSR count). The van der Waals surface area contributed by atoms with E-state index < -0.39 is 0 Å². The SMILES string of the molecule is CCC1CCCN(c2cc(CNC(C)C)c(Cl)cn2)CC1. The van der Waals surface area contributed by atoms with Gasteiger partial charge in [0.1, 0.15) is 5.82 Å². The Bertz CT molecular complexity index is 448. The third kappa shape index (κ3) is 4.86. The average molecular weight is 310 g/mol. The number of rotatable bonds is 5. The lowest BCUT2D eigenvalue weighted by molar-refractivity contribution is 0.459. The van der Waals surface area contributed by atoms with Crippen molar-refractivity contribution < 1.29 is 0 Å². The van der Waals surface area contributed by atoms with Crippen molar-refractivity contribution in [1.29, 1.82) is 0 Å². The standard InChI is InChI=1S/C17H28ClN3/c1-4-14-6-5-8-21(9-7-14)17-10-15(11-19-13(2)3)16(18)12-20-17/h10,12-14,19H,4-9,11H2,1-3H3. The first kappa shape index (κ1) is 16.6. The zero-order valence-corrected chi connectivity index (χ0v) is 14.3. The van der Waals surface area contributed by atoms with Gasteiger partial charge in [0.25, 0.3) is 0 Å². The molecule has 1 unspecified atom stereocenters. The van der Waals surface area contributed by atoms with Crippen LogP contribution >= 0.6 is 11.6 Å². The summed E-state index contributed by atoms with van der Waals surface area (Å²) < 4.78 is 0. The summed E-state index contributed by atoms with van der Waals surface area (Å²) in [5.41, 5.74) is 1.15. The van der Waals surface area contributed by atoms with E-state index in [1.165, 1.54) is 25.7 Å². The highest BCUT2D eigenvalue weighted by Crippen LogP contribution is 2.25. The van der Waals surface area contributed by atoms with Gasteiger partial charge >= 0.3 is 0 Å². The Kier molecular flexibility index (Phi) is 6.31. The summed E-state index contributed by atoms with van der Waals surface area (Å²) in [6.07, 6.45) is 6.99. The number of halogens is 1. The number of nitrogens with zero attached hydrogens (tertiary/aromatic N) is 2. The Hall–Kier alpha value is -0.800. The minimum atomic E-state index is 0.459. The molecule has 1 atom stereocenters. The van der Waals surface area contributed by atoms with Crippen LogP contribution in [0.2, 0.25) is 5.02 Å². The number of hydrogen-bond donors (Lipinski definition) is 1. The zero-order valence-electron chi connectivity index (χ0n) is 13.5. The second-order valence-electron chi connectivity index (χ2n) is 6.36. The molecule has 2 heterocycles. The topological polar surface area (TPSA) is 28.2 Å². The Balaban J connectivity index is 2.07. The molecule has 4 heteroatoms. The molecule has 21 heavy (non-hydrogen) atoms. The van der Waals surface area contributed by atoms with E-state index in [1.54, 1.807) is 6.20 Å². The monoisotopic (exact) mass is 309 g/mol. The highest BCUT2D eigenvalue weighted by Gasteiger charge is 2.17. The minimum Gasteiger partial charge on any atom is -0.357 e. The number of aromatic nitrogens is 1. The molecule has 0 aliphatic carbocycles. The van der Waals surface area contributed by atoms with Gasteiger partial charge in [-0.1, -0.05) is 38.8 Å². The fourth-order valence-electron chi connectivity index (χ4n) is 2.89. The van der Waals surface area contributed by atoms with Gasteiger partial charge in [-0.3, -0.25) is 0 Å². The van der Waals surface area contributed by atoms with Gasteiger partial charge in [-0.25, -0.2) is 4.98 Å². The molecule has 1 saturated heterocycles. The quantitative estimate of drug-likeness (QED) is 0.881. The van der Waals surface area contributed by atoms with E-state index in [2.05, 4.69) is 42.0 Å². The van der Waals surface area contributed by atoms with Crippen molar-refractivity contribution in [2.24, 2.45) is 5.92 Å². The fourth-order valence-corrected chi connectivity index (χ4v) is 3.06. The van der Waals surface area contributed by atoms with Crippen LogP contribution in [0.5, 0.6) is 0 Å². The number of nitrogens with one attached hydrogen (secondary N) is 1. The molecule has 1 aliphatic rings. The Morgan fingerprint density at radius 2 is 2.19 bits per heavy atom. The van der Waals surface area contributed by atoms with Gasteiger partial charge in [-0.2, -0.15) is 0 Å². The van der Waals surface area contributed by atoms with E-state index in [4.69, 9.17) is 11.6 Å². The number of pyridine rings is 1. The van der Waals surface area contributed by atoms with E-state index in [0.29, 0.717) is 6.04 Å². The smallest absolute Gasteiger partial charge is 0.128 e. The third-order valence-corrected chi connectivity index (χ3v) is 4.71. The third-order valence-electron chi connectivity index (χ3n) is 4.37. The summed E-state index contributed by atoms with van der Waals surface area (Å²) in [4.78, 5) is 6.97. The van der Waals surface area contributed by atoms with Crippen molar-refractivity contribution in [2.75, 3.05) is 18.0 Å². The lowest BCUT2D eigenvalue weighted by Gasteiger charge is -2.22. The first-order chi connectivity index (χ1) is 10.1. The summed E-state index contributed by atoms with van der Waals surface area (Å²) in [5, 5.41) is 4.19. The zero-order chi connectivity index (χ0) is 15.2. The molecule has 0 amide bonds. The van der Waals surface area contributed by atoms with Crippen LogP contribution in [0.15, 0.2) is 12.3 Å². The first-order valence-corrected chi connectivity index (χ1v) is 8.60. The molecule has 1 fully saturated rings. The second kappa shape index (κ2) is 8.00. The van der Waals surface area contributed by atoms with Crippen LogP contribution in [0.1, 0.15) is 52.0 Å². The van der Waals surface area contributed by atoms with Crippen LogP contribution in [0.4, 0.5) is 5.82 Å². The molecular weight excluding hydrogens is 282 g/mol. The maximum atomic E-state index is 6.28. The Morgan fingerprint density at radius 3 is 2.90 bits per heavy atom. The van der Waals surface area contributed by atoms with Gasteiger partial charge in [-0.15, -0.1) is 0 Å². The predicted octanol–water partition coefficient (Wildman–Crippen LogP) is 4.25. The second-order valence-corrected chi connectivity index (χ2v) is 6.77. The van der Waals surface area contributed by atoms with E-state index in [-0.39, 0.29) is 0 Å². The van der Waals surface area contributed by atoms with Crippen molar-refractivity contribution >= 4 is 17.4 Å². The van der Waals surface area contributed by atoms with Crippen LogP contribution in [0.3, 0.4) is 0 Å². The largest absolute Gasteiger partial charge is 0.357 e. The lowest BCUT2D eigenvalue weighted by Crippen LogP contribution is -2.26. The van der Waals surface area contributed by atoms with Crippen molar-refractivity contribution in [3.8, 4) is 0 Å². The van der Waals surface area contributed by atoms with Crippen LogP contribution in [-0.4, -0.2) is 24.1 Å². The maximum Gasteiger partial charge on any atom is 0.128 e. The predicted molar refractivity (Wildman–Crippen MR) is 91.1 cm³/mol. The Morgan fingerprint density at radius 1 is 1.38 bits per heavy atom. The van der Waals surface area contributed by atoms with E-state index >= 15 is 0 Å². The first-order valence-electron chi connectivity index (χ1n) is 8.23. The van der Waals surface area contributed by atoms with Crippen molar-refractivity contribution in [2.45, 2.75) is 59.0 Å². The molecule has 1 N–H and O–H groups in total. The van der Waals surface area contributed by atoms with Crippen LogP contribution < -0.4 is 10.2 Å². The molecule has 1 aromatic heterocycles. The molecule has 0 aromatic carbocycles. The van der Waals surface area contributed by atoms with Gasteiger partial charge in [0.15, 0.2) is 0 Å². The number of hydrogen-bond acceptors (Lipinski definition) is 3. The van der Waals surface area contributed by atoms with Gasteiger partial charge < -0.3 is 10.2 Å². The summed E-state index contributed by atoms with van der Waals surface area (Å²) >= 11 is 6.28. The van der Waals surface area contributed by atoms with E-state index in [0.717, 1.165) is 42.0 Å². The summed E-state index contributed by atoms with van der Waals surface area (Å²) in [5.74, 6) is 1.96. The van der Waals surface area contributed by atoms with Crippen LogP contribution in [0, 0.1) is 5.92 Å². The summed E-state index contributed by atoms with van der Waals surface area (Å²) in [6.45, 7) is 9.63. The molecule has 0 radical (unpaired) electrons. The van der Waals surface area contributed by atoms with Gasteiger partial charge in [0, 0.05) is 31.9 Å². The molecular formula is C17H28ClN3. The molecule has 1 aromatic rings. The summed E-state index contributed by atoms with van der Waals surface area (Å²) in [6, 6.07) is 2.62. The van der Waals surface area contributed by atoms with Crippen LogP contribution in [-0.2, 0) is 6.54 Å². The van der Waals surface area contributed by atoms with Gasteiger partial charge in [-0.05, 0) is 36.8 Å². The highest BCUT2D eigenvalue weighted by atomic mass is 35.5. The van der Waals surface area contributed by atoms with Crippen molar-refractivity contribution in [1.82, 2.24) is 10.3 Å². The molecule has 3 nitrogen and oxygen atoms in total. The van der Waals surface area contributed by atoms with Crippen molar-refractivity contribution in [3.05, 3.63) is 22.8 Å².